The number of aryl methyl sites for hydroxylation is 1. The molecule has 2 N–H and O–H groups in total. The Labute approximate surface area is 230 Å². The number of halogens is 1. The number of fused-ring (bicyclic) bond motifs is 1. The molecule has 178 valence electrons. The molecule has 0 fully saturated rings. The standard InChI is InChI=1S/C22H20ClN5O5S.Na.H/c1-28-18(21(29)27-34(30,31)14-6-4-13(32-2)5-7-14)12-15-17(9-8-16(23)20(15)28)25-19-10-11-24-22(26-19)33-3;;/h4-12H,1-3H3,(H,27,29)(H,24,25,26);;/q;+1;-1. The van der Waals surface area contributed by atoms with Gasteiger partial charge in [-0.3, -0.25) is 4.79 Å². The maximum Gasteiger partial charge on any atom is 1.00 e. The topological polar surface area (TPSA) is 124 Å². The Balaban J connectivity index is 0.00000228. The quantitative estimate of drug-likeness (QED) is 0.336. The SMILES string of the molecule is COc1ccc(S(=O)(=O)NC(=O)c2cc3c(Nc4ccnc(OC)n4)ccc(Cl)c3n2C)cc1.[H-].[Na+]. The molecule has 2 aromatic heterocycles. The predicted molar refractivity (Wildman–Crippen MR) is 129 cm³/mol. The molecule has 35 heavy (non-hydrogen) atoms. The van der Waals surface area contributed by atoms with Gasteiger partial charge >= 0.3 is 35.6 Å². The second kappa shape index (κ2) is 10.8. The molecule has 0 bridgehead atoms. The minimum Gasteiger partial charge on any atom is -1.00 e. The maximum atomic E-state index is 13.0. The van der Waals surface area contributed by atoms with Crippen molar-refractivity contribution in [2.45, 2.75) is 4.90 Å². The largest absolute Gasteiger partial charge is 1.00 e. The van der Waals surface area contributed by atoms with E-state index in [9.17, 15) is 13.2 Å². The van der Waals surface area contributed by atoms with Gasteiger partial charge in [0.15, 0.2) is 0 Å². The molecule has 0 radical (unpaired) electrons. The van der Waals surface area contributed by atoms with Crippen molar-refractivity contribution in [3.05, 3.63) is 65.4 Å². The van der Waals surface area contributed by atoms with E-state index in [1.807, 2.05) is 0 Å². The van der Waals surface area contributed by atoms with E-state index in [0.29, 0.717) is 33.2 Å². The van der Waals surface area contributed by atoms with Gasteiger partial charge in [-0.05, 0) is 48.5 Å². The maximum absolute atomic E-state index is 13.0. The number of nitrogens with zero attached hydrogens (tertiary/aromatic N) is 3. The second-order valence-electron chi connectivity index (χ2n) is 7.11. The Kier molecular flexibility index (Phi) is 8.29. The first-order valence-corrected chi connectivity index (χ1v) is 11.7. The van der Waals surface area contributed by atoms with E-state index in [4.69, 9.17) is 21.1 Å². The van der Waals surface area contributed by atoms with Gasteiger partial charge in [-0.1, -0.05) is 11.6 Å². The fourth-order valence-corrected chi connectivity index (χ4v) is 4.64. The zero-order valence-electron chi connectivity index (χ0n) is 20.4. The number of benzene rings is 2. The Morgan fingerprint density at radius 3 is 2.46 bits per heavy atom. The molecule has 0 saturated heterocycles. The third-order valence-corrected chi connectivity index (χ3v) is 6.71. The van der Waals surface area contributed by atoms with E-state index < -0.39 is 15.9 Å². The van der Waals surface area contributed by atoms with Crippen LogP contribution in [0.15, 0.2) is 59.6 Å². The van der Waals surface area contributed by atoms with Gasteiger partial charge in [-0.15, -0.1) is 0 Å². The van der Waals surface area contributed by atoms with E-state index in [1.165, 1.54) is 49.2 Å². The van der Waals surface area contributed by atoms with Crippen molar-refractivity contribution in [3.8, 4) is 11.8 Å². The van der Waals surface area contributed by atoms with Gasteiger partial charge in [0.25, 0.3) is 15.9 Å². The molecule has 0 saturated carbocycles. The third kappa shape index (κ3) is 5.54. The predicted octanol–water partition coefficient (Wildman–Crippen LogP) is 0.618. The van der Waals surface area contributed by atoms with Gasteiger partial charge in [0.2, 0.25) is 0 Å². The number of anilines is 2. The fraction of sp³-hybridized carbons (Fsp3) is 0.136. The molecular weight excluding hydrogens is 505 g/mol. The molecular formula is C22H21ClN5NaO5S. The van der Waals surface area contributed by atoms with Crippen molar-refractivity contribution in [2.24, 2.45) is 7.05 Å². The summed E-state index contributed by atoms with van der Waals surface area (Å²) in [5, 5.41) is 4.13. The van der Waals surface area contributed by atoms with E-state index in [2.05, 4.69) is 20.0 Å². The zero-order valence-corrected chi connectivity index (χ0v) is 22.9. The average Bonchev–Trinajstić information content (AvgIpc) is 3.19. The van der Waals surface area contributed by atoms with E-state index >= 15 is 0 Å². The van der Waals surface area contributed by atoms with E-state index in [1.54, 1.807) is 31.3 Å². The number of nitrogens with one attached hydrogen (secondary N) is 2. The van der Waals surface area contributed by atoms with Crippen LogP contribution in [0, 0.1) is 0 Å². The van der Waals surface area contributed by atoms with Crippen LogP contribution in [0.25, 0.3) is 10.9 Å². The van der Waals surface area contributed by atoms with Crippen molar-refractivity contribution in [1.29, 1.82) is 0 Å². The molecule has 2 aromatic carbocycles. The number of rotatable bonds is 7. The normalized spacial score (nSPS) is 11.0. The molecule has 2 heterocycles. The number of ether oxygens (including phenoxy) is 2. The molecule has 1 amide bonds. The average molecular weight is 526 g/mol. The van der Waals surface area contributed by atoms with Crippen LogP contribution >= 0.6 is 11.6 Å². The van der Waals surface area contributed by atoms with Crippen molar-refractivity contribution in [2.75, 3.05) is 19.5 Å². The fourth-order valence-electron chi connectivity index (χ4n) is 3.38. The zero-order chi connectivity index (χ0) is 24.5. The molecule has 0 unspecified atom stereocenters. The summed E-state index contributed by atoms with van der Waals surface area (Å²) in [5.74, 6) is 0.155. The first-order valence-electron chi connectivity index (χ1n) is 9.86. The molecule has 0 aliphatic carbocycles. The first kappa shape index (κ1) is 26.8. The van der Waals surface area contributed by atoms with E-state index in [-0.39, 0.29) is 47.6 Å². The molecule has 10 nitrogen and oxygen atoms in total. The number of hydrogen-bond acceptors (Lipinski definition) is 8. The van der Waals surface area contributed by atoms with Gasteiger partial charge in [0.05, 0.1) is 29.7 Å². The van der Waals surface area contributed by atoms with Gasteiger partial charge < -0.3 is 20.8 Å². The molecule has 0 aliphatic heterocycles. The number of hydrogen-bond donors (Lipinski definition) is 2. The monoisotopic (exact) mass is 525 g/mol. The summed E-state index contributed by atoms with van der Waals surface area (Å²) in [4.78, 5) is 21.1. The van der Waals surface area contributed by atoms with Crippen LogP contribution in [0.5, 0.6) is 11.8 Å². The minimum absolute atomic E-state index is 0. The Morgan fingerprint density at radius 1 is 1.09 bits per heavy atom. The summed E-state index contributed by atoms with van der Waals surface area (Å²) in [6.45, 7) is 0. The van der Waals surface area contributed by atoms with Crippen LogP contribution in [0.2, 0.25) is 5.02 Å². The van der Waals surface area contributed by atoms with E-state index in [0.717, 1.165) is 0 Å². The second-order valence-corrected chi connectivity index (χ2v) is 9.20. The van der Waals surface area contributed by atoms with Crippen molar-refractivity contribution in [3.63, 3.8) is 0 Å². The summed E-state index contributed by atoms with van der Waals surface area (Å²) < 4.78 is 39.2. The molecule has 13 heteroatoms. The molecule has 0 aliphatic rings. The van der Waals surface area contributed by atoms with Crippen LogP contribution in [-0.4, -0.2) is 43.1 Å². The summed E-state index contributed by atoms with van der Waals surface area (Å²) in [5.41, 5.74) is 1.25. The Morgan fingerprint density at radius 2 is 1.80 bits per heavy atom. The first-order chi connectivity index (χ1) is 16.2. The van der Waals surface area contributed by atoms with Gasteiger partial charge in [0.1, 0.15) is 17.3 Å². The number of carbonyl (C=O) groups excluding carboxylic acids is 1. The number of carbonyl (C=O) groups is 1. The summed E-state index contributed by atoms with van der Waals surface area (Å²) >= 11 is 6.40. The van der Waals surface area contributed by atoms with Crippen LogP contribution in [0.4, 0.5) is 11.5 Å². The third-order valence-electron chi connectivity index (χ3n) is 5.05. The number of methoxy groups -OCH3 is 2. The van der Waals surface area contributed by atoms with Crippen LogP contribution in [-0.2, 0) is 17.1 Å². The summed E-state index contributed by atoms with van der Waals surface area (Å²) in [7, 11) is 0.447. The summed E-state index contributed by atoms with van der Waals surface area (Å²) in [6.07, 6.45) is 1.54. The molecule has 0 spiro atoms. The van der Waals surface area contributed by atoms with Crippen molar-refractivity contribution in [1.82, 2.24) is 19.3 Å². The molecule has 4 aromatic rings. The van der Waals surface area contributed by atoms with Gasteiger partial charge in [-0.25, -0.2) is 18.1 Å². The van der Waals surface area contributed by atoms with Crippen molar-refractivity contribution >= 4 is 49.9 Å². The Bertz CT molecular complexity index is 1500. The number of sulfonamides is 1. The van der Waals surface area contributed by atoms with Crippen LogP contribution in [0.3, 0.4) is 0 Å². The van der Waals surface area contributed by atoms with Gasteiger partial charge in [0, 0.05) is 24.3 Å². The molecule has 0 atom stereocenters. The van der Waals surface area contributed by atoms with Crippen LogP contribution in [0.1, 0.15) is 11.9 Å². The number of amides is 1. The number of aromatic nitrogens is 3. The Hall–Kier alpha value is -2.83. The minimum atomic E-state index is -4.11. The summed E-state index contributed by atoms with van der Waals surface area (Å²) in [6, 6.07) is 12.5. The molecule has 4 rings (SSSR count). The van der Waals surface area contributed by atoms with Crippen molar-refractivity contribution < 1.29 is 53.7 Å². The smallest absolute Gasteiger partial charge is 1.00 e. The van der Waals surface area contributed by atoms with Gasteiger partial charge in [-0.2, -0.15) is 4.98 Å². The van der Waals surface area contributed by atoms with Crippen LogP contribution < -0.4 is 49.1 Å².